The number of aromatic nitrogens is 2. The minimum Gasteiger partial charge on any atom is -0.454 e. The van der Waals surface area contributed by atoms with Gasteiger partial charge in [0.15, 0.2) is 11.5 Å². The summed E-state index contributed by atoms with van der Waals surface area (Å²) < 4.78 is 21.4. The first-order chi connectivity index (χ1) is 13.3. The van der Waals surface area contributed by atoms with Gasteiger partial charge in [-0.25, -0.2) is 0 Å². The van der Waals surface area contributed by atoms with Crippen LogP contribution in [0.4, 0.5) is 0 Å². The lowest BCUT2D eigenvalue weighted by molar-refractivity contribution is 0.0374. The van der Waals surface area contributed by atoms with Crippen LogP contribution in [0, 0.1) is 0 Å². The molecule has 9 nitrogen and oxygen atoms in total. The van der Waals surface area contributed by atoms with Crippen LogP contribution in [0.15, 0.2) is 22.6 Å². The maximum atomic E-state index is 12.1. The van der Waals surface area contributed by atoms with Gasteiger partial charge in [-0.2, -0.15) is 0 Å². The van der Waals surface area contributed by atoms with Crippen LogP contribution in [-0.2, 0) is 11.2 Å². The first kappa shape index (κ1) is 17.7. The predicted molar refractivity (Wildman–Crippen MR) is 93.9 cm³/mol. The first-order valence-electron chi connectivity index (χ1n) is 9.07. The van der Waals surface area contributed by atoms with E-state index in [1.807, 2.05) is 18.2 Å². The van der Waals surface area contributed by atoms with E-state index < -0.39 is 0 Å². The molecule has 3 heterocycles. The quantitative estimate of drug-likeness (QED) is 0.712. The minimum atomic E-state index is -0.346. The van der Waals surface area contributed by atoms with Gasteiger partial charge in [0.2, 0.25) is 12.7 Å². The number of hydrogen-bond donors (Lipinski definition) is 1. The van der Waals surface area contributed by atoms with E-state index in [2.05, 4.69) is 20.4 Å². The van der Waals surface area contributed by atoms with Crippen molar-refractivity contribution in [3.63, 3.8) is 0 Å². The van der Waals surface area contributed by atoms with Crippen molar-refractivity contribution in [1.29, 1.82) is 0 Å². The Morgan fingerprint density at radius 1 is 1.15 bits per heavy atom. The van der Waals surface area contributed by atoms with Crippen molar-refractivity contribution in [2.75, 3.05) is 46.2 Å². The lowest BCUT2D eigenvalue weighted by Gasteiger charge is -2.26. The van der Waals surface area contributed by atoms with Crippen LogP contribution < -0.4 is 14.8 Å². The molecule has 0 spiro atoms. The van der Waals surface area contributed by atoms with E-state index in [0.29, 0.717) is 24.6 Å². The van der Waals surface area contributed by atoms with Crippen molar-refractivity contribution in [3.05, 3.63) is 35.5 Å². The smallest absolute Gasteiger partial charge is 0.308 e. The highest BCUT2D eigenvalue weighted by atomic mass is 16.7. The van der Waals surface area contributed by atoms with Crippen molar-refractivity contribution in [2.45, 2.75) is 12.8 Å². The van der Waals surface area contributed by atoms with Gasteiger partial charge in [0.1, 0.15) is 0 Å². The fourth-order valence-electron chi connectivity index (χ4n) is 3.05. The van der Waals surface area contributed by atoms with E-state index in [9.17, 15) is 4.79 Å². The summed E-state index contributed by atoms with van der Waals surface area (Å²) in [6.07, 6.45) is 1.29. The Morgan fingerprint density at radius 3 is 2.89 bits per heavy atom. The van der Waals surface area contributed by atoms with E-state index in [1.165, 1.54) is 0 Å². The number of benzene rings is 1. The summed E-state index contributed by atoms with van der Waals surface area (Å²) >= 11 is 0. The topological polar surface area (TPSA) is 99.0 Å². The Hall–Kier alpha value is -2.65. The molecular formula is C18H22N4O5. The summed E-state index contributed by atoms with van der Waals surface area (Å²) in [5, 5.41) is 10.6. The van der Waals surface area contributed by atoms with Crippen LogP contribution in [0.3, 0.4) is 0 Å². The van der Waals surface area contributed by atoms with Gasteiger partial charge < -0.3 is 23.9 Å². The van der Waals surface area contributed by atoms with E-state index >= 15 is 0 Å². The third-order valence-corrected chi connectivity index (χ3v) is 4.49. The molecule has 144 valence electrons. The standard InChI is InChI=1S/C18H22N4O5/c23-17(19-4-1-5-22-6-8-24-9-7-22)18-21-20-16(27-18)11-13-2-3-14-15(10-13)26-12-25-14/h2-3,10H,1,4-9,11-12H2,(H,19,23). The number of fused-ring (bicyclic) bond motifs is 1. The van der Waals surface area contributed by atoms with E-state index in [-0.39, 0.29) is 18.6 Å². The lowest BCUT2D eigenvalue weighted by atomic mass is 10.1. The van der Waals surface area contributed by atoms with Crippen LogP contribution in [0.2, 0.25) is 0 Å². The second-order valence-electron chi connectivity index (χ2n) is 6.43. The molecule has 4 rings (SSSR count). The lowest BCUT2D eigenvalue weighted by Crippen LogP contribution is -2.38. The van der Waals surface area contributed by atoms with E-state index in [1.54, 1.807) is 0 Å². The molecule has 27 heavy (non-hydrogen) atoms. The van der Waals surface area contributed by atoms with Gasteiger partial charge in [0, 0.05) is 19.6 Å². The van der Waals surface area contributed by atoms with Crippen molar-refractivity contribution in [1.82, 2.24) is 20.4 Å². The largest absolute Gasteiger partial charge is 0.454 e. The molecule has 1 aromatic heterocycles. The molecule has 1 aromatic carbocycles. The van der Waals surface area contributed by atoms with Crippen molar-refractivity contribution in [3.8, 4) is 11.5 Å². The Morgan fingerprint density at radius 2 is 2.00 bits per heavy atom. The molecular weight excluding hydrogens is 352 g/mol. The highest BCUT2D eigenvalue weighted by Crippen LogP contribution is 2.32. The molecule has 0 bridgehead atoms. The molecule has 1 saturated heterocycles. The normalized spacial score (nSPS) is 16.4. The molecule has 2 aliphatic rings. The molecule has 0 radical (unpaired) electrons. The summed E-state index contributed by atoms with van der Waals surface area (Å²) in [5.41, 5.74) is 0.945. The van der Waals surface area contributed by atoms with Gasteiger partial charge in [-0.05, 0) is 30.7 Å². The van der Waals surface area contributed by atoms with Gasteiger partial charge >= 0.3 is 11.8 Å². The highest BCUT2D eigenvalue weighted by Gasteiger charge is 2.17. The number of nitrogens with one attached hydrogen (secondary N) is 1. The fraction of sp³-hybridized carbons (Fsp3) is 0.500. The molecule has 1 fully saturated rings. The fourth-order valence-corrected chi connectivity index (χ4v) is 3.05. The molecule has 2 aromatic rings. The number of ether oxygens (including phenoxy) is 3. The highest BCUT2D eigenvalue weighted by molar-refractivity contribution is 5.89. The van der Waals surface area contributed by atoms with Crippen molar-refractivity contribution in [2.24, 2.45) is 0 Å². The molecule has 9 heteroatoms. The minimum absolute atomic E-state index is 0.0166. The Labute approximate surface area is 156 Å². The van der Waals surface area contributed by atoms with Crippen LogP contribution in [0.1, 0.15) is 28.6 Å². The second kappa shape index (κ2) is 8.36. The number of morpholine rings is 1. The summed E-state index contributed by atoms with van der Waals surface area (Å²) in [7, 11) is 0. The molecule has 0 unspecified atom stereocenters. The number of hydrogen-bond acceptors (Lipinski definition) is 8. The second-order valence-corrected chi connectivity index (χ2v) is 6.43. The molecule has 0 aliphatic carbocycles. The number of amides is 1. The summed E-state index contributed by atoms with van der Waals surface area (Å²) in [6.45, 7) is 5.18. The van der Waals surface area contributed by atoms with Crippen LogP contribution in [-0.4, -0.2) is 67.2 Å². The Kier molecular flexibility index (Phi) is 5.50. The van der Waals surface area contributed by atoms with E-state index in [0.717, 1.165) is 50.6 Å². The molecule has 1 amide bonds. The van der Waals surface area contributed by atoms with Crippen LogP contribution in [0.5, 0.6) is 11.5 Å². The molecule has 1 N–H and O–H groups in total. The third-order valence-electron chi connectivity index (χ3n) is 4.49. The van der Waals surface area contributed by atoms with Gasteiger partial charge in [0.25, 0.3) is 0 Å². The maximum Gasteiger partial charge on any atom is 0.308 e. The Bertz CT molecular complexity index is 788. The molecule has 2 aliphatic heterocycles. The Balaban J connectivity index is 1.24. The summed E-state index contributed by atoms with van der Waals surface area (Å²) in [4.78, 5) is 14.5. The first-order valence-corrected chi connectivity index (χ1v) is 9.07. The van der Waals surface area contributed by atoms with Gasteiger partial charge in [-0.3, -0.25) is 9.69 Å². The number of nitrogens with zero attached hydrogens (tertiary/aromatic N) is 3. The van der Waals surface area contributed by atoms with E-state index in [4.69, 9.17) is 18.6 Å². The van der Waals surface area contributed by atoms with Crippen molar-refractivity contribution < 1.29 is 23.4 Å². The third kappa shape index (κ3) is 4.55. The van der Waals surface area contributed by atoms with Gasteiger partial charge in [0.05, 0.1) is 19.6 Å². The molecule has 0 saturated carbocycles. The summed E-state index contributed by atoms with van der Waals surface area (Å²) in [5.74, 6) is 1.44. The maximum absolute atomic E-state index is 12.1. The number of rotatable bonds is 7. The average molecular weight is 374 g/mol. The van der Waals surface area contributed by atoms with Crippen molar-refractivity contribution >= 4 is 5.91 Å². The monoisotopic (exact) mass is 374 g/mol. The van der Waals surface area contributed by atoms with Gasteiger partial charge in [-0.15, -0.1) is 10.2 Å². The van der Waals surface area contributed by atoms with Crippen LogP contribution >= 0.6 is 0 Å². The summed E-state index contributed by atoms with van der Waals surface area (Å²) in [6, 6.07) is 5.62. The number of carbonyl (C=O) groups is 1. The predicted octanol–water partition coefficient (Wildman–Crippen LogP) is 0.841. The zero-order valence-electron chi connectivity index (χ0n) is 15.0. The van der Waals surface area contributed by atoms with Gasteiger partial charge in [-0.1, -0.05) is 6.07 Å². The zero-order chi connectivity index (χ0) is 18.5. The molecule has 0 atom stereocenters. The zero-order valence-corrected chi connectivity index (χ0v) is 15.0. The SMILES string of the molecule is O=C(NCCCN1CCOCC1)c1nnc(Cc2ccc3c(c2)OCO3)o1. The van der Waals surface area contributed by atoms with Crippen LogP contribution in [0.25, 0.3) is 0 Å². The number of carbonyl (C=O) groups excluding carboxylic acids is 1. The average Bonchev–Trinajstić information content (AvgIpc) is 3.35.